The van der Waals surface area contributed by atoms with Crippen molar-refractivity contribution in [2.24, 2.45) is 0 Å². The molecule has 10 heteroatoms. The van der Waals surface area contributed by atoms with Crippen LogP contribution >= 0.6 is 11.8 Å². The fourth-order valence-electron chi connectivity index (χ4n) is 4.84. The quantitative estimate of drug-likeness (QED) is 0.205. The summed E-state index contributed by atoms with van der Waals surface area (Å²) < 4.78 is 80.5. The number of anilines is 2. The second-order valence-electron chi connectivity index (χ2n) is 9.13. The molecule has 1 aliphatic carbocycles. The van der Waals surface area contributed by atoms with Gasteiger partial charge in [0, 0.05) is 38.6 Å². The van der Waals surface area contributed by atoms with Crippen LogP contribution in [0.15, 0.2) is 88.7 Å². The largest absolute Gasteiger partial charge is 0.416 e. The highest BCUT2D eigenvalue weighted by molar-refractivity contribution is 7.99. The summed E-state index contributed by atoms with van der Waals surface area (Å²) in [5, 5.41) is 0. The van der Waals surface area contributed by atoms with Crippen LogP contribution in [0.25, 0.3) is 0 Å². The number of hydrogen-bond acceptors (Lipinski definition) is 4. The van der Waals surface area contributed by atoms with Gasteiger partial charge in [0.05, 0.1) is 22.5 Å². The van der Waals surface area contributed by atoms with Gasteiger partial charge in [-0.25, -0.2) is 0 Å². The predicted octanol–water partition coefficient (Wildman–Crippen LogP) is 8.30. The van der Waals surface area contributed by atoms with Crippen molar-refractivity contribution in [3.8, 4) is 0 Å². The van der Waals surface area contributed by atoms with E-state index < -0.39 is 23.5 Å². The van der Waals surface area contributed by atoms with E-state index in [1.807, 2.05) is 0 Å². The number of carbonyl (C=O) groups is 2. The SMILES string of the molecule is O=C1c2ccccc2C(=O)c2cc(CN3c4ccc(C(F)(F)F)cc4Sc4cc(C(F)(F)F)ccc43)ccc21. The number of hydrogen-bond donors (Lipinski definition) is 0. The molecule has 1 heterocycles. The maximum atomic E-state index is 13.4. The van der Waals surface area contributed by atoms with Crippen molar-refractivity contribution in [3.63, 3.8) is 0 Å². The van der Waals surface area contributed by atoms with Gasteiger partial charge in [0.1, 0.15) is 0 Å². The summed E-state index contributed by atoms with van der Waals surface area (Å²) in [6.45, 7) is 0.0354. The molecule has 196 valence electrons. The lowest BCUT2D eigenvalue weighted by Gasteiger charge is -2.34. The third kappa shape index (κ3) is 4.28. The Morgan fingerprint density at radius 1 is 0.590 bits per heavy atom. The normalized spacial score (nSPS) is 14.5. The zero-order chi connectivity index (χ0) is 27.7. The minimum Gasteiger partial charge on any atom is -0.335 e. The number of rotatable bonds is 2. The minimum absolute atomic E-state index is 0.0354. The van der Waals surface area contributed by atoms with Gasteiger partial charge in [-0.3, -0.25) is 9.59 Å². The molecule has 4 aromatic rings. The molecule has 0 atom stereocenters. The lowest BCUT2D eigenvalue weighted by molar-refractivity contribution is -0.138. The smallest absolute Gasteiger partial charge is 0.335 e. The van der Waals surface area contributed by atoms with Gasteiger partial charge in [-0.05, 0) is 54.1 Å². The summed E-state index contributed by atoms with van der Waals surface area (Å²) >= 11 is 0.833. The summed E-state index contributed by atoms with van der Waals surface area (Å²) in [4.78, 5) is 28.0. The number of fused-ring (bicyclic) bond motifs is 4. The zero-order valence-corrected chi connectivity index (χ0v) is 20.5. The molecule has 0 aromatic heterocycles. The summed E-state index contributed by atoms with van der Waals surface area (Å²) in [5.74, 6) is -0.627. The molecule has 0 radical (unpaired) electrons. The molecule has 0 unspecified atom stereocenters. The lowest BCUT2D eigenvalue weighted by Crippen LogP contribution is -2.23. The first-order valence-electron chi connectivity index (χ1n) is 11.6. The van der Waals surface area contributed by atoms with Gasteiger partial charge in [0.25, 0.3) is 0 Å². The van der Waals surface area contributed by atoms with E-state index in [-0.39, 0.29) is 44.6 Å². The monoisotopic (exact) mass is 555 g/mol. The Kier molecular flexibility index (Phi) is 5.65. The molecule has 0 amide bonds. The van der Waals surface area contributed by atoms with Crippen LogP contribution in [0.3, 0.4) is 0 Å². The molecule has 1 aliphatic heterocycles. The first kappa shape index (κ1) is 25.2. The van der Waals surface area contributed by atoms with Crippen molar-refractivity contribution in [2.75, 3.05) is 4.90 Å². The molecule has 39 heavy (non-hydrogen) atoms. The Balaban J connectivity index is 1.44. The Labute approximate surface area is 222 Å². The van der Waals surface area contributed by atoms with Crippen LogP contribution < -0.4 is 4.90 Å². The van der Waals surface area contributed by atoms with Crippen LogP contribution in [0, 0.1) is 0 Å². The van der Waals surface area contributed by atoms with Crippen molar-refractivity contribution < 1.29 is 35.9 Å². The molecule has 0 spiro atoms. The second-order valence-corrected chi connectivity index (χ2v) is 10.2. The molecular formula is C29H15F6NO2S. The van der Waals surface area contributed by atoms with E-state index in [9.17, 15) is 35.9 Å². The summed E-state index contributed by atoms with van der Waals surface area (Å²) in [6.07, 6.45) is -9.26. The van der Waals surface area contributed by atoms with Gasteiger partial charge in [-0.15, -0.1) is 0 Å². The topological polar surface area (TPSA) is 37.4 Å². The highest BCUT2D eigenvalue weighted by atomic mass is 32.2. The van der Waals surface area contributed by atoms with Crippen molar-refractivity contribution in [2.45, 2.75) is 28.7 Å². The Hall–Kier alpha value is -4.05. The van der Waals surface area contributed by atoms with E-state index >= 15 is 0 Å². The van der Waals surface area contributed by atoms with Gasteiger partial charge in [0.2, 0.25) is 0 Å². The molecule has 2 aliphatic rings. The lowest BCUT2D eigenvalue weighted by atomic mass is 9.83. The first-order chi connectivity index (χ1) is 18.4. The molecule has 3 nitrogen and oxygen atoms in total. The Morgan fingerprint density at radius 2 is 1.08 bits per heavy atom. The third-order valence-corrected chi connectivity index (χ3v) is 7.80. The number of benzene rings is 4. The molecule has 6 rings (SSSR count). The maximum absolute atomic E-state index is 13.4. The third-order valence-electron chi connectivity index (χ3n) is 6.71. The molecule has 0 saturated carbocycles. The number of alkyl halides is 6. The molecule has 0 fully saturated rings. The number of carbonyl (C=O) groups excluding carboxylic acids is 2. The van der Waals surface area contributed by atoms with Crippen molar-refractivity contribution >= 4 is 34.7 Å². The summed E-state index contributed by atoms with van der Waals surface area (Å²) in [6, 6.07) is 17.4. The first-order valence-corrected chi connectivity index (χ1v) is 12.4. The summed E-state index contributed by atoms with van der Waals surface area (Å²) in [7, 11) is 0. The fraction of sp³-hybridized carbons (Fsp3) is 0.103. The molecule has 0 saturated heterocycles. The fourth-order valence-corrected chi connectivity index (χ4v) is 6.01. The van der Waals surface area contributed by atoms with Crippen LogP contribution in [0.4, 0.5) is 37.7 Å². The summed E-state index contributed by atoms with van der Waals surface area (Å²) in [5.41, 5.74) is 0.497. The van der Waals surface area contributed by atoms with Gasteiger partial charge in [-0.2, -0.15) is 26.3 Å². The minimum atomic E-state index is -4.63. The standard InChI is InChI=1S/C29H15F6NO2S/c30-28(31,32)16-6-9-22-24(12-16)39-25-13-17(29(33,34)35)7-10-23(25)36(22)14-15-5-8-20-21(11-15)27(38)19-4-2-1-3-18(19)26(20)37/h1-13H,14H2. The predicted molar refractivity (Wildman–Crippen MR) is 133 cm³/mol. The Morgan fingerprint density at radius 3 is 1.59 bits per heavy atom. The average Bonchev–Trinajstić information content (AvgIpc) is 2.90. The zero-order valence-electron chi connectivity index (χ0n) is 19.7. The van der Waals surface area contributed by atoms with Crippen LogP contribution in [0.5, 0.6) is 0 Å². The van der Waals surface area contributed by atoms with Crippen LogP contribution in [-0.4, -0.2) is 11.6 Å². The van der Waals surface area contributed by atoms with E-state index in [1.165, 1.54) is 18.2 Å². The molecular weight excluding hydrogens is 540 g/mol. The van der Waals surface area contributed by atoms with E-state index in [1.54, 1.807) is 41.3 Å². The van der Waals surface area contributed by atoms with Crippen molar-refractivity contribution in [1.82, 2.24) is 0 Å². The van der Waals surface area contributed by atoms with Crippen LogP contribution in [0.1, 0.15) is 48.5 Å². The maximum Gasteiger partial charge on any atom is 0.416 e. The molecule has 0 bridgehead atoms. The highest BCUT2D eigenvalue weighted by Gasteiger charge is 2.36. The van der Waals surface area contributed by atoms with Crippen LogP contribution in [-0.2, 0) is 18.9 Å². The van der Waals surface area contributed by atoms with Gasteiger partial charge in [0.15, 0.2) is 11.6 Å². The van der Waals surface area contributed by atoms with Crippen LogP contribution in [0.2, 0.25) is 0 Å². The van der Waals surface area contributed by atoms with E-state index in [2.05, 4.69) is 0 Å². The molecule has 0 N–H and O–H groups in total. The number of ketones is 2. The van der Waals surface area contributed by atoms with E-state index in [4.69, 9.17) is 0 Å². The number of nitrogens with zero attached hydrogens (tertiary/aromatic N) is 1. The molecule has 4 aromatic carbocycles. The van der Waals surface area contributed by atoms with Gasteiger partial charge in [-0.1, -0.05) is 42.1 Å². The van der Waals surface area contributed by atoms with Crippen molar-refractivity contribution in [3.05, 3.63) is 118 Å². The van der Waals surface area contributed by atoms with Crippen molar-refractivity contribution in [1.29, 1.82) is 0 Å². The van der Waals surface area contributed by atoms with Gasteiger partial charge >= 0.3 is 12.4 Å². The van der Waals surface area contributed by atoms with Gasteiger partial charge < -0.3 is 4.90 Å². The number of halogens is 6. The second kappa shape index (κ2) is 8.74. The van der Waals surface area contributed by atoms with E-state index in [0.717, 1.165) is 36.0 Å². The Bertz CT molecular complexity index is 1630. The average molecular weight is 555 g/mol. The highest BCUT2D eigenvalue weighted by Crippen LogP contribution is 2.51. The van der Waals surface area contributed by atoms with E-state index in [0.29, 0.717) is 22.5 Å².